The molecule has 144 valence electrons. The van der Waals surface area contributed by atoms with Crippen LogP contribution in [0.3, 0.4) is 0 Å². The van der Waals surface area contributed by atoms with Crippen LogP contribution in [0.25, 0.3) is 0 Å². The Bertz CT molecular complexity index is 722. The lowest BCUT2D eigenvalue weighted by Crippen LogP contribution is -2.42. The van der Waals surface area contributed by atoms with Gasteiger partial charge in [0.15, 0.2) is 5.96 Å². The molecule has 26 heavy (non-hydrogen) atoms. The number of aryl methyl sites for hydroxylation is 2. The first-order chi connectivity index (χ1) is 12.0. The molecule has 8 heteroatoms. The van der Waals surface area contributed by atoms with Crippen molar-refractivity contribution in [1.29, 1.82) is 0 Å². The predicted octanol–water partition coefficient (Wildman–Crippen LogP) is 3.63. The smallest absolute Gasteiger partial charge is 0.191 e. The highest BCUT2D eigenvalue weighted by atomic mass is 127. The molecule has 2 aromatic rings. The van der Waals surface area contributed by atoms with Gasteiger partial charge in [0.05, 0.1) is 12.6 Å². The summed E-state index contributed by atoms with van der Waals surface area (Å²) in [4.78, 5) is 10.8. The van der Waals surface area contributed by atoms with Gasteiger partial charge in [0, 0.05) is 23.4 Å². The Balaban J connectivity index is 0.00000243. The molecule has 0 radical (unpaired) electrons. The minimum Gasteiger partial charge on any atom is -0.357 e. The zero-order chi connectivity index (χ0) is 17.9. The molecule has 0 amide bonds. The quantitative estimate of drug-likeness (QED) is 0.383. The maximum atomic E-state index is 4.86. The Morgan fingerprint density at radius 1 is 1.46 bits per heavy atom. The summed E-state index contributed by atoms with van der Waals surface area (Å²) in [7, 11) is 0. The molecule has 0 fully saturated rings. The molecule has 0 bridgehead atoms. The minimum absolute atomic E-state index is 0. The fourth-order valence-corrected chi connectivity index (χ4v) is 3.95. The fraction of sp³-hybridized carbons (Fsp3) is 0.611. The molecule has 3 rings (SSSR count). The van der Waals surface area contributed by atoms with Crippen LogP contribution in [-0.4, -0.2) is 33.8 Å². The van der Waals surface area contributed by atoms with Crippen molar-refractivity contribution in [3.8, 4) is 0 Å². The summed E-state index contributed by atoms with van der Waals surface area (Å²) < 4.78 is 2.02. The number of nitrogens with one attached hydrogen (secondary N) is 2. The molecule has 3 heterocycles. The molecule has 1 aliphatic rings. The Hall–Kier alpha value is -1.16. The van der Waals surface area contributed by atoms with Gasteiger partial charge in [-0.3, -0.25) is 4.99 Å². The third kappa shape index (κ3) is 4.97. The van der Waals surface area contributed by atoms with Gasteiger partial charge in [-0.1, -0.05) is 19.9 Å². The molecule has 0 saturated carbocycles. The van der Waals surface area contributed by atoms with Gasteiger partial charge < -0.3 is 10.6 Å². The SMILES string of the molecule is CCNC(=NCC(C)(C)c1cccs1)NC1CCCn2nc(C)nc21.I. The predicted molar refractivity (Wildman–Crippen MR) is 119 cm³/mol. The van der Waals surface area contributed by atoms with Gasteiger partial charge in [0.2, 0.25) is 0 Å². The molecular weight excluding hydrogens is 459 g/mol. The van der Waals surface area contributed by atoms with Crippen molar-refractivity contribution in [1.82, 2.24) is 25.4 Å². The summed E-state index contributed by atoms with van der Waals surface area (Å²) in [6.45, 7) is 11.1. The van der Waals surface area contributed by atoms with E-state index in [1.54, 1.807) is 11.3 Å². The van der Waals surface area contributed by atoms with E-state index in [1.807, 2.05) is 11.6 Å². The Kier molecular flexibility index (Phi) is 7.45. The van der Waals surface area contributed by atoms with Gasteiger partial charge in [-0.05, 0) is 38.1 Å². The maximum absolute atomic E-state index is 4.86. The van der Waals surface area contributed by atoms with Crippen LogP contribution in [0.15, 0.2) is 22.5 Å². The second-order valence-electron chi connectivity index (χ2n) is 7.14. The summed E-state index contributed by atoms with van der Waals surface area (Å²) >= 11 is 1.79. The van der Waals surface area contributed by atoms with E-state index in [1.165, 1.54) is 4.88 Å². The number of fused-ring (bicyclic) bond motifs is 1. The van der Waals surface area contributed by atoms with Crippen LogP contribution < -0.4 is 10.6 Å². The molecule has 0 spiro atoms. The average Bonchev–Trinajstić information content (AvgIpc) is 3.22. The van der Waals surface area contributed by atoms with Crippen LogP contribution in [0.2, 0.25) is 0 Å². The second-order valence-corrected chi connectivity index (χ2v) is 8.08. The molecule has 2 N–H and O–H groups in total. The van der Waals surface area contributed by atoms with E-state index in [4.69, 9.17) is 4.99 Å². The molecule has 2 aromatic heterocycles. The van der Waals surface area contributed by atoms with E-state index in [2.05, 4.69) is 59.0 Å². The number of hydrogen-bond acceptors (Lipinski definition) is 4. The first-order valence-corrected chi connectivity index (χ1v) is 9.88. The average molecular weight is 488 g/mol. The van der Waals surface area contributed by atoms with Crippen molar-refractivity contribution in [2.75, 3.05) is 13.1 Å². The molecule has 1 unspecified atom stereocenters. The van der Waals surface area contributed by atoms with Crippen LogP contribution in [-0.2, 0) is 12.0 Å². The lowest BCUT2D eigenvalue weighted by molar-refractivity contribution is 0.397. The van der Waals surface area contributed by atoms with Crippen LogP contribution in [0.5, 0.6) is 0 Å². The third-order valence-corrected chi connectivity index (χ3v) is 5.69. The number of rotatable bonds is 5. The Morgan fingerprint density at radius 2 is 2.27 bits per heavy atom. The first kappa shape index (κ1) is 21.1. The van der Waals surface area contributed by atoms with Crippen molar-refractivity contribution >= 4 is 41.3 Å². The van der Waals surface area contributed by atoms with Gasteiger partial charge in [-0.25, -0.2) is 9.67 Å². The summed E-state index contributed by atoms with van der Waals surface area (Å²) in [5.74, 6) is 2.71. The zero-order valence-corrected chi connectivity index (χ0v) is 19.1. The number of aromatic nitrogens is 3. The van der Waals surface area contributed by atoms with Crippen molar-refractivity contribution in [3.63, 3.8) is 0 Å². The highest BCUT2D eigenvalue weighted by Crippen LogP contribution is 2.28. The molecule has 1 atom stereocenters. The van der Waals surface area contributed by atoms with Crippen LogP contribution in [0.1, 0.15) is 56.2 Å². The highest BCUT2D eigenvalue weighted by Gasteiger charge is 2.25. The maximum Gasteiger partial charge on any atom is 0.191 e. The van der Waals surface area contributed by atoms with E-state index in [0.29, 0.717) is 0 Å². The van der Waals surface area contributed by atoms with Gasteiger partial charge in [0.25, 0.3) is 0 Å². The Morgan fingerprint density at radius 3 is 2.96 bits per heavy atom. The number of hydrogen-bond donors (Lipinski definition) is 2. The van der Waals surface area contributed by atoms with Gasteiger partial charge in [0.1, 0.15) is 11.6 Å². The molecule has 0 saturated heterocycles. The monoisotopic (exact) mass is 488 g/mol. The summed E-state index contributed by atoms with van der Waals surface area (Å²) in [6.07, 6.45) is 2.16. The van der Waals surface area contributed by atoms with E-state index in [0.717, 1.165) is 50.1 Å². The third-order valence-electron chi connectivity index (χ3n) is 4.46. The zero-order valence-electron chi connectivity index (χ0n) is 16.0. The fourth-order valence-electron chi connectivity index (χ4n) is 3.11. The van der Waals surface area contributed by atoms with E-state index in [9.17, 15) is 0 Å². The van der Waals surface area contributed by atoms with Crippen molar-refractivity contribution < 1.29 is 0 Å². The Labute approximate surface area is 176 Å². The summed E-state index contributed by atoms with van der Waals surface area (Å²) in [5.41, 5.74) is 0.0275. The first-order valence-electron chi connectivity index (χ1n) is 9.00. The topological polar surface area (TPSA) is 67.1 Å². The summed E-state index contributed by atoms with van der Waals surface area (Å²) in [6, 6.07) is 4.46. The highest BCUT2D eigenvalue weighted by molar-refractivity contribution is 14.0. The minimum atomic E-state index is 0. The van der Waals surface area contributed by atoms with Crippen LogP contribution in [0.4, 0.5) is 0 Å². The lowest BCUT2D eigenvalue weighted by Gasteiger charge is -2.26. The van der Waals surface area contributed by atoms with E-state index >= 15 is 0 Å². The van der Waals surface area contributed by atoms with Crippen molar-refractivity contribution in [2.45, 2.75) is 58.5 Å². The molecular formula is C18H29IN6S. The molecule has 0 aromatic carbocycles. The van der Waals surface area contributed by atoms with Crippen LogP contribution >= 0.6 is 35.3 Å². The lowest BCUT2D eigenvalue weighted by atomic mass is 9.92. The molecule has 6 nitrogen and oxygen atoms in total. The largest absolute Gasteiger partial charge is 0.357 e. The van der Waals surface area contributed by atoms with Crippen molar-refractivity contribution in [3.05, 3.63) is 34.0 Å². The van der Waals surface area contributed by atoms with Crippen LogP contribution in [0, 0.1) is 6.92 Å². The molecule has 0 aliphatic carbocycles. The second kappa shape index (κ2) is 9.16. The number of aliphatic imine (C=N–C) groups is 1. The van der Waals surface area contributed by atoms with Gasteiger partial charge in [-0.2, -0.15) is 5.10 Å². The number of nitrogens with zero attached hydrogens (tertiary/aromatic N) is 4. The normalized spacial score (nSPS) is 17.4. The number of halogens is 1. The van der Waals surface area contributed by atoms with Crippen molar-refractivity contribution in [2.24, 2.45) is 4.99 Å². The van der Waals surface area contributed by atoms with Gasteiger partial charge in [-0.15, -0.1) is 35.3 Å². The standard InChI is InChI=1S/C18H28N6S.HI/c1-5-19-17(20-12-18(3,4)15-9-7-11-25-15)22-14-8-6-10-24-16(14)21-13(2)23-24;/h7,9,11,14H,5-6,8,10,12H2,1-4H3,(H2,19,20,22);1H. The van der Waals surface area contributed by atoms with E-state index < -0.39 is 0 Å². The van der Waals surface area contributed by atoms with Gasteiger partial charge >= 0.3 is 0 Å². The summed E-state index contributed by atoms with van der Waals surface area (Å²) in [5, 5.41) is 13.5. The number of guanidine groups is 1. The van der Waals surface area contributed by atoms with E-state index in [-0.39, 0.29) is 35.4 Å². The molecule has 1 aliphatic heterocycles. The number of thiophene rings is 1.